The SMILES string of the molecule is CCCCCCCN1C(C)CCC1C=O. The normalized spacial score (nSPS) is 27.1. The predicted molar refractivity (Wildman–Crippen MR) is 64.0 cm³/mol. The van der Waals surface area contributed by atoms with E-state index in [1.54, 1.807) is 0 Å². The number of rotatable bonds is 7. The van der Waals surface area contributed by atoms with Gasteiger partial charge in [0, 0.05) is 6.04 Å². The highest BCUT2D eigenvalue weighted by Gasteiger charge is 2.29. The lowest BCUT2D eigenvalue weighted by Gasteiger charge is -2.24. The molecule has 15 heavy (non-hydrogen) atoms. The van der Waals surface area contributed by atoms with Gasteiger partial charge in [-0.3, -0.25) is 4.90 Å². The van der Waals surface area contributed by atoms with Crippen molar-refractivity contribution >= 4 is 6.29 Å². The lowest BCUT2D eigenvalue weighted by Crippen LogP contribution is -2.36. The molecule has 0 aromatic heterocycles. The monoisotopic (exact) mass is 211 g/mol. The topological polar surface area (TPSA) is 20.3 Å². The van der Waals surface area contributed by atoms with Gasteiger partial charge < -0.3 is 4.79 Å². The van der Waals surface area contributed by atoms with Crippen LogP contribution in [-0.4, -0.2) is 29.8 Å². The van der Waals surface area contributed by atoms with Gasteiger partial charge in [-0.1, -0.05) is 32.6 Å². The number of likely N-dealkylation sites (tertiary alicyclic amines) is 1. The Kier molecular flexibility index (Phi) is 5.92. The molecule has 2 nitrogen and oxygen atoms in total. The van der Waals surface area contributed by atoms with Crippen LogP contribution in [0, 0.1) is 0 Å². The molecule has 0 aliphatic carbocycles. The maximum atomic E-state index is 10.9. The van der Waals surface area contributed by atoms with E-state index >= 15 is 0 Å². The van der Waals surface area contributed by atoms with Crippen molar-refractivity contribution in [2.75, 3.05) is 6.54 Å². The predicted octanol–water partition coefficient (Wildman–Crippen LogP) is 3.01. The quantitative estimate of drug-likeness (QED) is 0.476. The number of hydrogen-bond acceptors (Lipinski definition) is 2. The average Bonchev–Trinajstić information content (AvgIpc) is 2.60. The Balaban J connectivity index is 2.15. The van der Waals surface area contributed by atoms with Gasteiger partial charge in [0.25, 0.3) is 0 Å². The molecule has 2 atom stereocenters. The van der Waals surface area contributed by atoms with Crippen LogP contribution in [0.15, 0.2) is 0 Å². The van der Waals surface area contributed by atoms with E-state index in [0.29, 0.717) is 6.04 Å². The Morgan fingerprint density at radius 1 is 1.20 bits per heavy atom. The van der Waals surface area contributed by atoms with Crippen molar-refractivity contribution in [1.82, 2.24) is 4.90 Å². The summed E-state index contributed by atoms with van der Waals surface area (Å²) in [6, 6.07) is 0.831. The van der Waals surface area contributed by atoms with Crippen LogP contribution in [0.3, 0.4) is 0 Å². The zero-order chi connectivity index (χ0) is 11.1. The molecule has 0 radical (unpaired) electrons. The van der Waals surface area contributed by atoms with Gasteiger partial charge in [0.1, 0.15) is 6.29 Å². The molecule has 1 rings (SSSR count). The van der Waals surface area contributed by atoms with Gasteiger partial charge in [0.2, 0.25) is 0 Å². The van der Waals surface area contributed by atoms with Gasteiger partial charge in [0.15, 0.2) is 0 Å². The van der Waals surface area contributed by atoms with Crippen LogP contribution in [0.2, 0.25) is 0 Å². The first kappa shape index (κ1) is 12.7. The summed E-state index contributed by atoms with van der Waals surface area (Å²) < 4.78 is 0. The smallest absolute Gasteiger partial charge is 0.137 e. The highest BCUT2D eigenvalue weighted by molar-refractivity contribution is 5.58. The van der Waals surface area contributed by atoms with Crippen LogP contribution in [0.5, 0.6) is 0 Å². The number of aldehydes is 1. The summed E-state index contributed by atoms with van der Waals surface area (Å²) in [6.07, 6.45) is 9.99. The molecule has 1 heterocycles. The van der Waals surface area contributed by atoms with E-state index < -0.39 is 0 Å². The van der Waals surface area contributed by atoms with Crippen LogP contribution >= 0.6 is 0 Å². The van der Waals surface area contributed by atoms with Crippen LogP contribution in [0.1, 0.15) is 58.8 Å². The molecule has 1 aliphatic rings. The van der Waals surface area contributed by atoms with Gasteiger partial charge in [-0.05, 0) is 32.7 Å². The standard InChI is InChI=1S/C13H25NO/c1-3-4-5-6-7-10-14-12(2)8-9-13(14)11-15/h11-13H,3-10H2,1-2H3. The molecule has 0 bridgehead atoms. The number of carbonyl (C=O) groups excluding carboxylic acids is 1. The first-order chi connectivity index (χ1) is 7.29. The van der Waals surface area contributed by atoms with Gasteiger partial charge in [0.05, 0.1) is 6.04 Å². The highest BCUT2D eigenvalue weighted by atomic mass is 16.1. The second-order valence-electron chi connectivity index (χ2n) is 4.78. The third kappa shape index (κ3) is 3.94. The molecule has 1 aliphatic heterocycles. The maximum Gasteiger partial charge on any atom is 0.137 e. The molecule has 1 saturated heterocycles. The van der Waals surface area contributed by atoms with Crippen molar-refractivity contribution in [2.24, 2.45) is 0 Å². The summed E-state index contributed by atoms with van der Waals surface area (Å²) in [4.78, 5) is 13.2. The van der Waals surface area contributed by atoms with Crippen molar-refractivity contribution in [1.29, 1.82) is 0 Å². The Bertz CT molecular complexity index is 181. The number of nitrogens with zero attached hydrogens (tertiary/aromatic N) is 1. The Morgan fingerprint density at radius 2 is 1.93 bits per heavy atom. The van der Waals surface area contributed by atoms with Crippen molar-refractivity contribution in [3.63, 3.8) is 0 Å². The zero-order valence-electron chi connectivity index (χ0n) is 10.2. The summed E-state index contributed by atoms with van der Waals surface area (Å²) in [5, 5.41) is 0. The fraction of sp³-hybridized carbons (Fsp3) is 0.923. The molecule has 1 fully saturated rings. The summed E-state index contributed by atoms with van der Waals surface area (Å²) in [6.45, 7) is 5.61. The Labute approximate surface area is 94.0 Å². The lowest BCUT2D eigenvalue weighted by molar-refractivity contribution is -0.111. The van der Waals surface area contributed by atoms with Gasteiger partial charge in [-0.25, -0.2) is 0 Å². The molecular formula is C13H25NO. The lowest BCUT2D eigenvalue weighted by atomic mass is 10.1. The molecule has 0 N–H and O–H groups in total. The minimum Gasteiger partial charge on any atom is -0.302 e. The van der Waals surface area contributed by atoms with Crippen LogP contribution in [0.4, 0.5) is 0 Å². The Morgan fingerprint density at radius 3 is 2.60 bits per heavy atom. The Hall–Kier alpha value is -0.370. The zero-order valence-corrected chi connectivity index (χ0v) is 10.2. The van der Waals surface area contributed by atoms with E-state index in [4.69, 9.17) is 0 Å². The van der Waals surface area contributed by atoms with Gasteiger partial charge in [-0.2, -0.15) is 0 Å². The summed E-state index contributed by atoms with van der Waals surface area (Å²) in [7, 11) is 0. The fourth-order valence-electron chi connectivity index (χ4n) is 2.50. The molecule has 0 spiro atoms. The summed E-state index contributed by atoms with van der Waals surface area (Å²) in [5.41, 5.74) is 0. The molecule has 88 valence electrons. The molecule has 2 heteroatoms. The molecule has 0 aromatic rings. The average molecular weight is 211 g/mol. The van der Waals surface area contributed by atoms with E-state index in [-0.39, 0.29) is 6.04 Å². The molecular weight excluding hydrogens is 186 g/mol. The minimum absolute atomic E-state index is 0.214. The molecule has 0 aromatic carbocycles. The second-order valence-corrected chi connectivity index (χ2v) is 4.78. The van der Waals surface area contributed by atoms with Crippen molar-refractivity contribution < 1.29 is 4.79 Å². The fourth-order valence-corrected chi connectivity index (χ4v) is 2.50. The summed E-state index contributed by atoms with van der Waals surface area (Å²) in [5.74, 6) is 0. The number of unbranched alkanes of at least 4 members (excludes halogenated alkanes) is 4. The largest absolute Gasteiger partial charge is 0.302 e. The van der Waals surface area contributed by atoms with Crippen LogP contribution < -0.4 is 0 Å². The second kappa shape index (κ2) is 7.00. The first-order valence-corrected chi connectivity index (χ1v) is 6.50. The van der Waals surface area contributed by atoms with E-state index in [1.807, 2.05) is 0 Å². The third-order valence-corrected chi connectivity index (χ3v) is 3.55. The summed E-state index contributed by atoms with van der Waals surface area (Å²) >= 11 is 0. The van der Waals surface area contributed by atoms with E-state index in [1.165, 1.54) is 38.5 Å². The molecule has 0 saturated carbocycles. The maximum absolute atomic E-state index is 10.9. The highest BCUT2D eigenvalue weighted by Crippen LogP contribution is 2.23. The number of hydrogen-bond donors (Lipinski definition) is 0. The van der Waals surface area contributed by atoms with E-state index in [2.05, 4.69) is 18.7 Å². The minimum atomic E-state index is 0.214. The van der Waals surface area contributed by atoms with E-state index in [9.17, 15) is 4.79 Å². The first-order valence-electron chi connectivity index (χ1n) is 6.50. The van der Waals surface area contributed by atoms with Crippen LogP contribution in [-0.2, 0) is 4.79 Å². The third-order valence-electron chi connectivity index (χ3n) is 3.55. The van der Waals surface area contributed by atoms with Crippen LogP contribution in [0.25, 0.3) is 0 Å². The van der Waals surface area contributed by atoms with Crippen molar-refractivity contribution in [3.8, 4) is 0 Å². The van der Waals surface area contributed by atoms with Crippen molar-refractivity contribution in [2.45, 2.75) is 70.9 Å². The van der Waals surface area contributed by atoms with Crippen molar-refractivity contribution in [3.05, 3.63) is 0 Å². The molecule has 2 unspecified atom stereocenters. The molecule has 0 amide bonds. The number of carbonyl (C=O) groups is 1. The van der Waals surface area contributed by atoms with Gasteiger partial charge in [-0.15, -0.1) is 0 Å². The van der Waals surface area contributed by atoms with E-state index in [0.717, 1.165) is 19.3 Å². The van der Waals surface area contributed by atoms with Gasteiger partial charge >= 0.3 is 0 Å².